The standard InChI is InChI=1S/C15H20O7S/c1-6-10(16)19-7-8(2)20-12-11-13-15(5,22-23(11,17)18)9(3)14(12,4)21-13/h6,9,11-13H,1-2,7H2,3-5H3. The molecule has 0 radical (unpaired) electrons. The van der Waals surface area contributed by atoms with Gasteiger partial charge in [0.2, 0.25) is 0 Å². The van der Waals surface area contributed by atoms with Crippen LogP contribution < -0.4 is 0 Å². The molecule has 23 heavy (non-hydrogen) atoms. The van der Waals surface area contributed by atoms with E-state index in [0.717, 1.165) is 6.08 Å². The third kappa shape index (κ3) is 2.08. The average molecular weight is 344 g/mol. The van der Waals surface area contributed by atoms with E-state index in [1.807, 2.05) is 13.8 Å². The van der Waals surface area contributed by atoms with Gasteiger partial charge in [0, 0.05) is 12.0 Å². The molecular weight excluding hydrogens is 324 g/mol. The lowest BCUT2D eigenvalue weighted by atomic mass is 9.69. The minimum absolute atomic E-state index is 0.151. The number of carbonyl (C=O) groups is 1. The number of carbonyl (C=O) groups excluding carboxylic acids is 1. The molecule has 0 aliphatic carbocycles. The Kier molecular flexibility index (Phi) is 3.45. The molecule has 0 aromatic carbocycles. The number of ether oxygens (including phenoxy) is 3. The zero-order valence-corrected chi connectivity index (χ0v) is 14.1. The van der Waals surface area contributed by atoms with Crippen molar-refractivity contribution >= 4 is 16.1 Å². The molecule has 0 spiro atoms. The topological polar surface area (TPSA) is 88.1 Å². The van der Waals surface area contributed by atoms with Crippen LogP contribution in [0.4, 0.5) is 0 Å². The van der Waals surface area contributed by atoms with Gasteiger partial charge < -0.3 is 14.2 Å². The van der Waals surface area contributed by atoms with E-state index in [9.17, 15) is 13.2 Å². The van der Waals surface area contributed by atoms with E-state index in [1.165, 1.54) is 0 Å². The highest BCUT2D eigenvalue weighted by Crippen LogP contribution is 2.62. The van der Waals surface area contributed by atoms with Crippen LogP contribution in [0.2, 0.25) is 0 Å². The van der Waals surface area contributed by atoms with Crippen molar-refractivity contribution in [3.63, 3.8) is 0 Å². The second kappa shape index (κ2) is 4.81. The molecule has 128 valence electrons. The Morgan fingerprint density at radius 2 is 2.00 bits per heavy atom. The third-order valence-corrected chi connectivity index (χ3v) is 7.04. The van der Waals surface area contributed by atoms with Gasteiger partial charge in [-0.1, -0.05) is 20.1 Å². The molecule has 3 heterocycles. The maximum atomic E-state index is 12.4. The molecular formula is C15H20O7S. The zero-order chi connectivity index (χ0) is 17.2. The summed E-state index contributed by atoms with van der Waals surface area (Å²) in [7, 11) is -3.81. The highest BCUT2D eigenvalue weighted by atomic mass is 32.2. The highest BCUT2D eigenvalue weighted by Gasteiger charge is 2.80. The summed E-state index contributed by atoms with van der Waals surface area (Å²) in [4.78, 5) is 11.1. The van der Waals surface area contributed by atoms with Crippen LogP contribution in [0, 0.1) is 5.92 Å². The first kappa shape index (κ1) is 16.5. The van der Waals surface area contributed by atoms with Crippen molar-refractivity contribution in [3.8, 4) is 0 Å². The van der Waals surface area contributed by atoms with Gasteiger partial charge in [-0.15, -0.1) is 0 Å². The van der Waals surface area contributed by atoms with Gasteiger partial charge in [-0.25, -0.2) is 4.79 Å². The number of hydrogen-bond donors (Lipinski definition) is 0. The molecule has 3 rings (SSSR count). The fraction of sp³-hybridized carbons (Fsp3) is 0.667. The molecule has 7 nitrogen and oxygen atoms in total. The Morgan fingerprint density at radius 1 is 1.35 bits per heavy atom. The summed E-state index contributed by atoms with van der Waals surface area (Å²) in [5.41, 5.74) is -1.70. The van der Waals surface area contributed by atoms with E-state index in [1.54, 1.807) is 6.92 Å². The minimum Gasteiger partial charge on any atom is -0.487 e. The molecule has 3 fully saturated rings. The van der Waals surface area contributed by atoms with E-state index in [2.05, 4.69) is 13.2 Å². The maximum Gasteiger partial charge on any atom is 0.330 e. The Labute approximate surface area is 135 Å². The second-order valence-corrected chi connectivity index (χ2v) is 8.25. The highest BCUT2D eigenvalue weighted by molar-refractivity contribution is 7.87. The quantitative estimate of drug-likeness (QED) is 0.317. The Balaban J connectivity index is 1.82. The van der Waals surface area contributed by atoms with Crippen molar-refractivity contribution in [2.45, 2.75) is 49.4 Å². The van der Waals surface area contributed by atoms with Gasteiger partial charge in [0.1, 0.15) is 35.8 Å². The van der Waals surface area contributed by atoms with E-state index < -0.39 is 44.7 Å². The van der Waals surface area contributed by atoms with Crippen molar-refractivity contribution in [3.05, 3.63) is 25.0 Å². The van der Waals surface area contributed by atoms with Crippen LogP contribution in [0.3, 0.4) is 0 Å². The molecule has 6 atom stereocenters. The zero-order valence-electron chi connectivity index (χ0n) is 13.3. The van der Waals surface area contributed by atoms with E-state index in [4.69, 9.17) is 18.4 Å². The summed E-state index contributed by atoms with van der Waals surface area (Å²) in [5.74, 6) is -0.649. The molecule has 0 aromatic heterocycles. The SMILES string of the molecule is C=CC(=O)OCC(=C)OC1C2C3OC1(C)C(C)C3(C)OS2(=O)=O. The van der Waals surface area contributed by atoms with Crippen molar-refractivity contribution in [1.82, 2.24) is 0 Å². The molecule has 3 aliphatic heterocycles. The number of rotatable bonds is 5. The number of fused-ring (bicyclic) bond motifs is 1. The van der Waals surface area contributed by atoms with Gasteiger partial charge in [-0.3, -0.25) is 4.18 Å². The second-order valence-electron chi connectivity index (χ2n) is 6.56. The van der Waals surface area contributed by atoms with Crippen LogP contribution in [-0.2, 0) is 33.3 Å². The fourth-order valence-corrected chi connectivity index (χ4v) is 5.94. The third-order valence-electron chi connectivity index (χ3n) is 5.29. The number of hydrogen-bond acceptors (Lipinski definition) is 7. The summed E-state index contributed by atoms with van der Waals surface area (Å²) in [6, 6.07) is 0. The summed E-state index contributed by atoms with van der Waals surface area (Å²) in [6.07, 6.45) is -0.322. The molecule has 0 aromatic rings. The lowest BCUT2D eigenvalue weighted by Crippen LogP contribution is -2.56. The monoisotopic (exact) mass is 344 g/mol. The first-order valence-electron chi connectivity index (χ1n) is 7.32. The van der Waals surface area contributed by atoms with Gasteiger partial charge >= 0.3 is 5.97 Å². The minimum atomic E-state index is -3.81. The lowest BCUT2D eigenvalue weighted by Gasteiger charge is -2.38. The van der Waals surface area contributed by atoms with Crippen LogP contribution in [0.1, 0.15) is 20.8 Å². The molecule has 0 saturated carbocycles. The normalized spacial score (nSPS) is 45.7. The summed E-state index contributed by atoms with van der Waals surface area (Å²) >= 11 is 0. The first-order chi connectivity index (χ1) is 10.6. The molecule has 3 saturated heterocycles. The Bertz CT molecular complexity index is 684. The lowest BCUT2D eigenvalue weighted by molar-refractivity contribution is -0.138. The predicted molar refractivity (Wildman–Crippen MR) is 79.8 cm³/mol. The molecule has 6 unspecified atom stereocenters. The Morgan fingerprint density at radius 3 is 2.61 bits per heavy atom. The van der Waals surface area contributed by atoms with Crippen LogP contribution in [0.15, 0.2) is 25.0 Å². The first-order valence-corrected chi connectivity index (χ1v) is 8.79. The largest absolute Gasteiger partial charge is 0.487 e. The van der Waals surface area contributed by atoms with Gasteiger partial charge in [0.15, 0.2) is 5.25 Å². The average Bonchev–Trinajstić information content (AvgIpc) is 2.93. The van der Waals surface area contributed by atoms with Crippen molar-refractivity contribution in [1.29, 1.82) is 0 Å². The maximum absolute atomic E-state index is 12.4. The van der Waals surface area contributed by atoms with Crippen molar-refractivity contribution in [2.24, 2.45) is 5.92 Å². The number of esters is 1. The van der Waals surface area contributed by atoms with Gasteiger partial charge in [0.05, 0.1) is 0 Å². The molecule has 8 heteroatoms. The van der Waals surface area contributed by atoms with E-state index in [0.29, 0.717) is 0 Å². The Hall–Kier alpha value is -1.38. The van der Waals surface area contributed by atoms with Crippen molar-refractivity contribution < 1.29 is 31.6 Å². The summed E-state index contributed by atoms with van der Waals surface area (Å²) < 4.78 is 46.6. The summed E-state index contributed by atoms with van der Waals surface area (Å²) in [5, 5.41) is -0.916. The molecule has 3 aliphatic rings. The molecule has 0 amide bonds. The van der Waals surface area contributed by atoms with Crippen LogP contribution in [0.5, 0.6) is 0 Å². The molecule has 0 N–H and O–H groups in total. The predicted octanol–water partition coefficient (Wildman–Crippen LogP) is 0.909. The van der Waals surface area contributed by atoms with Crippen LogP contribution in [-0.4, -0.2) is 49.7 Å². The van der Waals surface area contributed by atoms with Gasteiger partial charge in [-0.05, 0) is 13.8 Å². The molecule has 2 bridgehead atoms. The van der Waals surface area contributed by atoms with Gasteiger partial charge in [0.25, 0.3) is 10.1 Å². The van der Waals surface area contributed by atoms with Crippen LogP contribution >= 0.6 is 0 Å². The summed E-state index contributed by atoms with van der Waals surface area (Å²) in [6.45, 7) is 12.2. The van der Waals surface area contributed by atoms with E-state index in [-0.39, 0.29) is 18.3 Å². The van der Waals surface area contributed by atoms with Crippen LogP contribution in [0.25, 0.3) is 0 Å². The smallest absolute Gasteiger partial charge is 0.330 e. The van der Waals surface area contributed by atoms with E-state index >= 15 is 0 Å². The van der Waals surface area contributed by atoms with Gasteiger partial charge in [-0.2, -0.15) is 8.42 Å². The fourth-order valence-electron chi connectivity index (χ4n) is 3.84. The van der Waals surface area contributed by atoms with Crippen molar-refractivity contribution in [2.75, 3.05) is 6.61 Å².